The molecule has 2 heterocycles. The van der Waals surface area contributed by atoms with Crippen LogP contribution in [-0.2, 0) is 0 Å². The molecule has 0 aromatic carbocycles. The molecule has 0 saturated heterocycles. The van der Waals surface area contributed by atoms with Gasteiger partial charge in [-0.05, 0) is 23.9 Å². The minimum Gasteiger partial charge on any atom is -0.478 e. The number of hydrogen-bond acceptors (Lipinski definition) is 7. The van der Waals surface area contributed by atoms with Crippen LogP contribution in [0.4, 0.5) is 11.6 Å². The molecule has 9 heteroatoms. The van der Waals surface area contributed by atoms with Crippen LogP contribution in [0.25, 0.3) is 0 Å². The summed E-state index contributed by atoms with van der Waals surface area (Å²) in [4.78, 5) is 22.9. The molecule has 98 valence electrons. The van der Waals surface area contributed by atoms with Crippen molar-refractivity contribution in [2.24, 2.45) is 0 Å². The highest BCUT2D eigenvalue weighted by Gasteiger charge is 2.15. The smallest absolute Gasteiger partial charge is 0.338 e. The minimum absolute atomic E-state index is 0.000930. The topological polar surface area (TPSA) is 128 Å². The molecular weight excluding hydrogens is 290 g/mol. The molecule has 0 amide bonds. The predicted octanol–water partition coefficient (Wildman–Crippen LogP) is 1.54. The summed E-state index contributed by atoms with van der Waals surface area (Å²) in [5.74, 6) is -0.744. The lowest BCUT2D eigenvalue weighted by atomic mass is 10.3. The number of carboxylic acid groups (broad SMARTS) is 1. The summed E-state index contributed by atoms with van der Waals surface area (Å²) in [7, 11) is 0. The van der Waals surface area contributed by atoms with Crippen LogP contribution in [0.5, 0.6) is 0 Å². The molecule has 0 aliphatic carbocycles. The van der Waals surface area contributed by atoms with Crippen LogP contribution in [0, 0.1) is 0 Å². The highest BCUT2D eigenvalue weighted by molar-refractivity contribution is 7.99. The van der Waals surface area contributed by atoms with Crippen LogP contribution in [0.3, 0.4) is 0 Å². The van der Waals surface area contributed by atoms with Crippen LogP contribution >= 0.6 is 23.4 Å². The average molecular weight is 298 g/mol. The van der Waals surface area contributed by atoms with Crippen LogP contribution in [0.2, 0.25) is 5.15 Å². The lowest BCUT2D eigenvalue weighted by molar-refractivity contribution is 0.0692. The van der Waals surface area contributed by atoms with Crippen LogP contribution < -0.4 is 11.5 Å². The second kappa shape index (κ2) is 5.29. The van der Waals surface area contributed by atoms with Crippen molar-refractivity contribution in [2.75, 3.05) is 11.5 Å². The fraction of sp³-hybridized carbons (Fsp3) is 0. The van der Waals surface area contributed by atoms with Gasteiger partial charge in [0.25, 0.3) is 0 Å². The monoisotopic (exact) mass is 297 g/mol. The van der Waals surface area contributed by atoms with Crippen molar-refractivity contribution in [2.45, 2.75) is 10.2 Å². The third-order valence-electron chi connectivity index (χ3n) is 1.99. The van der Waals surface area contributed by atoms with E-state index in [1.165, 1.54) is 18.2 Å². The lowest BCUT2D eigenvalue weighted by Crippen LogP contribution is -2.03. The predicted molar refractivity (Wildman–Crippen MR) is 71.2 cm³/mol. The first kappa shape index (κ1) is 13.4. The molecule has 0 unspecified atom stereocenters. The fourth-order valence-electron chi connectivity index (χ4n) is 1.25. The molecule has 2 rings (SSSR count). The number of rotatable bonds is 3. The zero-order valence-corrected chi connectivity index (χ0v) is 10.9. The number of nitrogen functional groups attached to an aromatic ring is 2. The van der Waals surface area contributed by atoms with Crippen molar-refractivity contribution in [3.63, 3.8) is 0 Å². The molecule has 7 nitrogen and oxygen atoms in total. The van der Waals surface area contributed by atoms with Gasteiger partial charge in [0.2, 0.25) is 0 Å². The summed E-state index contributed by atoms with van der Waals surface area (Å²) in [6, 6.07) is 4.15. The minimum atomic E-state index is -1.12. The summed E-state index contributed by atoms with van der Waals surface area (Å²) < 4.78 is 0. The van der Waals surface area contributed by atoms with Gasteiger partial charge >= 0.3 is 5.97 Å². The normalized spacial score (nSPS) is 10.4. The van der Waals surface area contributed by atoms with Gasteiger partial charge in [0.15, 0.2) is 5.16 Å². The largest absolute Gasteiger partial charge is 0.478 e. The molecule has 0 saturated carbocycles. The first-order valence-corrected chi connectivity index (χ1v) is 6.13. The molecule has 0 bridgehead atoms. The van der Waals surface area contributed by atoms with E-state index in [4.69, 9.17) is 28.2 Å². The van der Waals surface area contributed by atoms with Crippen molar-refractivity contribution in [3.8, 4) is 0 Å². The van der Waals surface area contributed by atoms with Gasteiger partial charge in [-0.25, -0.2) is 19.7 Å². The van der Waals surface area contributed by atoms with Crippen molar-refractivity contribution in [3.05, 3.63) is 28.9 Å². The number of anilines is 2. The number of nitrogens with zero attached hydrogens (tertiary/aromatic N) is 3. The van der Waals surface area contributed by atoms with E-state index in [0.717, 1.165) is 11.8 Å². The van der Waals surface area contributed by atoms with Gasteiger partial charge < -0.3 is 16.6 Å². The molecule has 2 aromatic rings. The summed E-state index contributed by atoms with van der Waals surface area (Å²) in [6.45, 7) is 0. The highest BCUT2D eigenvalue weighted by Crippen LogP contribution is 2.28. The molecule has 0 fully saturated rings. The maximum Gasteiger partial charge on any atom is 0.338 e. The Morgan fingerprint density at radius 3 is 2.42 bits per heavy atom. The molecule has 0 spiro atoms. The van der Waals surface area contributed by atoms with E-state index in [-0.39, 0.29) is 32.5 Å². The maximum atomic E-state index is 11.1. The Labute approximate surface area is 117 Å². The first-order valence-electron chi connectivity index (χ1n) is 4.93. The quantitative estimate of drug-likeness (QED) is 0.575. The molecule has 5 N–H and O–H groups in total. The van der Waals surface area contributed by atoms with Gasteiger partial charge in [0, 0.05) is 6.07 Å². The molecule has 0 aliphatic rings. The Balaban J connectivity index is 2.42. The Hall–Kier alpha value is -2.06. The first-order chi connectivity index (χ1) is 8.95. The molecular formula is C10H8ClN5O2S. The van der Waals surface area contributed by atoms with E-state index in [1.807, 2.05) is 0 Å². The van der Waals surface area contributed by atoms with Gasteiger partial charge in [-0.2, -0.15) is 0 Å². The average Bonchev–Trinajstić information content (AvgIpc) is 2.26. The Bertz CT molecular complexity index is 632. The second-order valence-corrected chi connectivity index (χ2v) is 4.74. The molecule has 19 heavy (non-hydrogen) atoms. The molecule has 2 aromatic heterocycles. The van der Waals surface area contributed by atoms with Crippen molar-refractivity contribution < 1.29 is 9.90 Å². The van der Waals surface area contributed by atoms with Gasteiger partial charge in [-0.1, -0.05) is 11.6 Å². The molecule has 0 radical (unpaired) electrons. The Morgan fingerprint density at radius 1 is 1.21 bits per heavy atom. The third-order valence-corrected chi connectivity index (χ3v) is 3.07. The van der Waals surface area contributed by atoms with Crippen LogP contribution in [0.15, 0.2) is 28.4 Å². The standard InChI is InChI=1S/C10H8ClN5O2S/c11-5-2-1-4(9(17)18)8(14-5)19-10-15-6(12)3-7(13)16-10/h1-3H,(H,17,18)(H4,12,13,15,16). The number of hydrogen-bond donors (Lipinski definition) is 3. The van der Waals surface area contributed by atoms with Crippen molar-refractivity contribution in [1.29, 1.82) is 0 Å². The number of pyridine rings is 1. The number of aromatic carboxylic acids is 1. The fourth-order valence-corrected chi connectivity index (χ4v) is 2.33. The van der Waals surface area contributed by atoms with Gasteiger partial charge in [0.05, 0.1) is 5.56 Å². The third kappa shape index (κ3) is 3.24. The molecule has 0 atom stereocenters. The van der Waals surface area contributed by atoms with E-state index in [9.17, 15) is 4.79 Å². The zero-order chi connectivity index (χ0) is 14.0. The number of halogens is 1. The number of carbonyl (C=O) groups is 1. The summed E-state index contributed by atoms with van der Waals surface area (Å²) >= 11 is 6.67. The van der Waals surface area contributed by atoms with Crippen LogP contribution in [0.1, 0.15) is 10.4 Å². The zero-order valence-electron chi connectivity index (χ0n) is 9.37. The van der Waals surface area contributed by atoms with Gasteiger partial charge in [-0.15, -0.1) is 0 Å². The number of carboxylic acids is 1. The Morgan fingerprint density at radius 2 is 1.84 bits per heavy atom. The summed E-state index contributed by atoms with van der Waals surface area (Å²) in [6.07, 6.45) is 0. The van der Waals surface area contributed by atoms with Gasteiger partial charge in [-0.3, -0.25) is 0 Å². The summed E-state index contributed by atoms with van der Waals surface area (Å²) in [5.41, 5.74) is 11.1. The van der Waals surface area contributed by atoms with E-state index in [1.54, 1.807) is 0 Å². The maximum absolute atomic E-state index is 11.1. The van der Waals surface area contributed by atoms with E-state index in [0.29, 0.717) is 0 Å². The van der Waals surface area contributed by atoms with Crippen molar-refractivity contribution in [1.82, 2.24) is 15.0 Å². The van der Waals surface area contributed by atoms with E-state index in [2.05, 4.69) is 15.0 Å². The molecule has 0 aliphatic heterocycles. The Kier molecular flexibility index (Phi) is 3.72. The summed E-state index contributed by atoms with van der Waals surface area (Å²) in [5, 5.41) is 9.60. The highest BCUT2D eigenvalue weighted by atomic mass is 35.5. The van der Waals surface area contributed by atoms with Crippen LogP contribution in [-0.4, -0.2) is 26.0 Å². The second-order valence-electron chi connectivity index (χ2n) is 3.39. The number of aromatic nitrogens is 3. The van der Waals surface area contributed by atoms with Crippen molar-refractivity contribution >= 4 is 41.0 Å². The SMILES string of the molecule is Nc1cc(N)nc(Sc2nc(Cl)ccc2C(=O)O)n1. The van der Waals surface area contributed by atoms with E-state index >= 15 is 0 Å². The number of nitrogens with two attached hydrogens (primary N) is 2. The van der Waals surface area contributed by atoms with Gasteiger partial charge in [0.1, 0.15) is 21.8 Å². The van der Waals surface area contributed by atoms with E-state index < -0.39 is 5.97 Å². The lowest BCUT2D eigenvalue weighted by Gasteiger charge is -2.05.